The number of aryl methyl sites for hydroxylation is 2. The quantitative estimate of drug-likeness (QED) is 0.202. The smallest absolute Gasteiger partial charge is 0.269 e. The first-order valence-corrected chi connectivity index (χ1v) is 13.5. The van der Waals surface area contributed by atoms with E-state index in [4.69, 9.17) is 17.0 Å². The van der Waals surface area contributed by atoms with Crippen molar-refractivity contribution in [2.45, 2.75) is 40.2 Å². The summed E-state index contributed by atoms with van der Waals surface area (Å²) in [5.41, 5.74) is 4.47. The molecule has 0 unspecified atom stereocenters. The van der Waals surface area contributed by atoms with E-state index in [1.165, 1.54) is 16.2 Å². The summed E-state index contributed by atoms with van der Waals surface area (Å²) in [5.74, 6) is 0.738. The average Bonchev–Trinajstić information content (AvgIpc) is 3.15. The Morgan fingerprint density at radius 1 is 1.03 bits per heavy atom. The van der Waals surface area contributed by atoms with Crippen LogP contribution in [0.25, 0.3) is 11.7 Å². The van der Waals surface area contributed by atoms with E-state index in [2.05, 4.69) is 18.8 Å². The molecule has 0 aliphatic carbocycles. The predicted octanol–water partition coefficient (Wildman–Crippen LogP) is 6.63. The Labute approximate surface area is 231 Å². The van der Waals surface area contributed by atoms with E-state index in [0.29, 0.717) is 27.2 Å². The number of carbonyl (C=O) groups excluding carboxylic acids is 1. The maximum atomic E-state index is 13.6. The molecule has 1 fully saturated rings. The Balaban J connectivity index is 1.58. The lowest BCUT2D eigenvalue weighted by Crippen LogP contribution is -2.27. The Bertz CT molecular complexity index is 1660. The van der Waals surface area contributed by atoms with Gasteiger partial charge >= 0.3 is 0 Å². The summed E-state index contributed by atoms with van der Waals surface area (Å²) in [6.07, 6.45) is 3.21. The molecular weight excluding hydrogens is 514 g/mol. The molecule has 0 radical (unpaired) electrons. The second-order valence-corrected chi connectivity index (χ2v) is 11.3. The Hall–Kier alpha value is -3.75. The first-order valence-electron chi connectivity index (χ1n) is 12.3. The van der Waals surface area contributed by atoms with Crippen molar-refractivity contribution in [1.29, 1.82) is 0 Å². The first kappa shape index (κ1) is 25.9. The second-order valence-electron chi connectivity index (χ2n) is 9.62. The van der Waals surface area contributed by atoms with Crippen molar-refractivity contribution in [3.8, 4) is 11.6 Å². The zero-order chi connectivity index (χ0) is 27.0. The van der Waals surface area contributed by atoms with Gasteiger partial charge in [0, 0.05) is 6.20 Å². The van der Waals surface area contributed by atoms with E-state index in [0.717, 1.165) is 22.3 Å². The highest BCUT2D eigenvalue weighted by Gasteiger charge is 2.33. The molecule has 0 atom stereocenters. The number of pyridine rings is 1. The molecule has 0 saturated carbocycles. The summed E-state index contributed by atoms with van der Waals surface area (Å²) in [6, 6.07) is 19.3. The van der Waals surface area contributed by atoms with Gasteiger partial charge in [0.05, 0.1) is 11.4 Å². The summed E-state index contributed by atoms with van der Waals surface area (Å²) in [4.78, 5) is 33.6. The molecule has 3 heterocycles. The fraction of sp³-hybridized carbons (Fsp3) is 0.200. The van der Waals surface area contributed by atoms with E-state index in [1.54, 1.807) is 29.3 Å². The van der Waals surface area contributed by atoms with Crippen molar-refractivity contribution < 1.29 is 9.53 Å². The molecule has 5 rings (SSSR count). The Morgan fingerprint density at radius 2 is 1.76 bits per heavy atom. The zero-order valence-electron chi connectivity index (χ0n) is 21.6. The SMILES string of the molecule is Cc1ccc(CN2C(=O)/C(=C\c3c(Oc4cc(C)ccc4C(C)C)nc4ccccn4c3=O)SC2=S)cc1. The van der Waals surface area contributed by atoms with Crippen LogP contribution in [0.1, 0.15) is 47.6 Å². The molecule has 38 heavy (non-hydrogen) atoms. The number of nitrogens with zero attached hydrogens (tertiary/aromatic N) is 3. The van der Waals surface area contributed by atoms with Crippen molar-refractivity contribution >= 4 is 45.9 Å². The zero-order valence-corrected chi connectivity index (χ0v) is 23.2. The van der Waals surface area contributed by atoms with Crippen LogP contribution < -0.4 is 10.3 Å². The number of thiocarbonyl (C=S) groups is 1. The number of hydrogen-bond acceptors (Lipinski definition) is 6. The third kappa shape index (κ3) is 5.14. The van der Waals surface area contributed by atoms with Crippen LogP contribution in [0.2, 0.25) is 0 Å². The summed E-state index contributed by atoms with van der Waals surface area (Å²) in [7, 11) is 0. The number of benzene rings is 2. The van der Waals surface area contributed by atoms with E-state index in [-0.39, 0.29) is 28.8 Å². The van der Waals surface area contributed by atoms with Crippen LogP contribution in [0.15, 0.2) is 76.6 Å². The highest BCUT2D eigenvalue weighted by molar-refractivity contribution is 8.26. The molecule has 1 saturated heterocycles. The number of rotatable bonds is 6. The highest BCUT2D eigenvalue weighted by atomic mass is 32.2. The number of amides is 1. The second kappa shape index (κ2) is 10.6. The summed E-state index contributed by atoms with van der Waals surface area (Å²) in [5, 5.41) is 0. The van der Waals surface area contributed by atoms with Crippen LogP contribution in [-0.4, -0.2) is 24.5 Å². The Morgan fingerprint density at radius 3 is 2.50 bits per heavy atom. The molecule has 2 aromatic carbocycles. The number of thioether (sulfide) groups is 1. The summed E-state index contributed by atoms with van der Waals surface area (Å²) in [6.45, 7) is 8.53. The van der Waals surface area contributed by atoms with E-state index >= 15 is 0 Å². The maximum absolute atomic E-state index is 13.6. The molecule has 0 N–H and O–H groups in total. The number of aromatic nitrogens is 2. The topological polar surface area (TPSA) is 63.9 Å². The number of carbonyl (C=O) groups is 1. The molecule has 0 spiro atoms. The minimum absolute atomic E-state index is 0.150. The highest BCUT2D eigenvalue weighted by Crippen LogP contribution is 2.36. The number of fused-ring (bicyclic) bond motifs is 1. The van der Waals surface area contributed by atoms with E-state index in [1.807, 2.05) is 62.4 Å². The predicted molar refractivity (Wildman–Crippen MR) is 157 cm³/mol. The molecule has 1 aliphatic rings. The molecule has 8 heteroatoms. The van der Waals surface area contributed by atoms with Gasteiger partial charge in [-0.3, -0.25) is 18.9 Å². The molecular formula is C30H27N3O3S2. The average molecular weight is 542 g/mol. The largest absolute Gasteiger partial charge is 0.438 e. The number of ether oxygens (including phenoxy) is 1. The van der Waals surface area contributed by atoms with Crippen molar-refractivity contribution in [2.24, 2.45) is 0 Å². The molecule has 4 aromatic rings. The summed E-state index contributed by atoms with van der Waals surface area (Å²) >= 11 is 6.72. The van der Waals surface area contributed by atoms with Crippen LogP contribution in [0.5, 0.6) is 11.6 Å². The lowest BCUT2D eigenvalue weighted by Gasteiger charge is -2.16. The van der Waals surface area contributed by atoms with Gasteiger partial charge in [-0.15, -0.1) is 0 Å². The van der Waals surface area contributed by atoms with E-state index < -0.39 is 0 Å². The lowest BCUT2D eigenvalue weighted by molar-refractivity contribution is -0.122. The summed E-state index contributed by atoms with van der Waals surface area (Å²) < 4.78 is 8.23. The van der Waals surface area contributed by atoms with Gasteiger partial charge < -0.3 is 4.74 Å². The molecule has 2 aromatic heterocycles. The van der Waals surface area contributed by atoms with Crippen molar-refractivity contribution in [1.82, 2.24) is 14.3 Å². The van der Waals surface area contributed by atoms with Gasteiger partial charge in [-0.05, 0) is 60.7 Å². The first-order chi connectivity index (χ1) is 18.2. The minimum atomic E-state index is -0.326. The van der Waals surface area contributed by atoms with Gasteiger partial charge in [-0.25, -0.2) is 0 Å². The van der Waals surface area contributed by atoms with Gasteiger partial charge in [-0.2, -0.15) is 4.98 Å². The lowest BCUT2D eigenvalue weighted by atomic mass is 10.0. The van der Waals surface area contributed by atoms with Crippen molar-refractivity contribution in [3.63, 3.8) is 0 Å². The van der Waals surface area contributed by atoms with Crippen LogP contribution in [0.3, 0.4) is 0 Å². The third-order valence-corrected chi connectivity index (χ3v) is 7.72. The van der Waals surface area contributed by atoms with Gasteiger partial charge in [0.2, 0.25) is 5.88 Å². The molecule has 0 bridgehead atoms. The molecule has 1 amide bonds. The maximum Gasteiger partial charge on any atom is 0.269 e. The monoisotopic (exact) mass is 541 g/mol. The van der Waals surface area contributed by atoms with Crippen LogP contribution in [-0.2, 0) is 11.3 Å². The van der Waals surface area contributed by atoms with Crippen LogP contribution in [0.4, 0.5) is 0 Å². The standard InChI is InChI=1S/C30H27N3O3S2/c1-18(2)22-13-10-20(4)15-24(22)36-27-23(28(34)32-14-6-5-7-26(32)31-27)16-25-29(35)33(30(37)38-25)17-21-11-8-19(3)9-12-21/h5-16,18H,17H2,1-4H3/b25-16+. The van der Waals surface area contributed by atoms with Crippen LogP contribution >= 0.6 is 24.0 Å². The molecule has 192 valence electrons. The van der Waals surface area contributed by atoms with Gasteiger partial charge in [0.15, 0.2) is 0 Å². The number of hydrogen-bond donors (Lipinski definition) is 0. The van der Waals surface area contributed by atoms with E-state index in [9.17, 15) is 9.59 Å². The van der Waals surface area contributed by atoms with Gasteiger partial charge in [0.25, 0.3) is 11.5 Å². The Kier molecular flexibility index (Phi) is 7.19. The fourth-order valence-electron chi connectivity index (χ4n) is 4.24. The molecule has 1 aliphatic heterocycles. The van der Waals surface area contributed by atoms with Gasteiger partial charge in [-0.1, -0.05) is 85.9 Å². The normalized spacial score (nSPS) is 14.8. The third-order valence-electron chi connectivity index (χ3n) is 6.34. The fourth-order valence-corrected chi connectivity index (χ4v) is 5.48. The molecule has 6 nitrogen and oxygen atoms in total. The minimum Gasteiger partial charge on any atom is -0.438 e. The van der Waals surface area contributed by atoms with Crippen molar-refractivity contribution in [2.75, 3.05) is 0 Å². The van der Waals surface area contributed by atoms with Gasteiger partial charge in [0.1, 0.15) is 21.3 Å². The van der Waals surface area contributed by atoms with Crippen LogP contribution in [0, 0.1) is 13.8 Å². The van der Waals surface area contributed by atoms with Crippen molar-refractivity contribution in [3.05, 3.63) is 110 Å².